The Bertz CT molecular complexity index is 1850. The fourth-order valence-corrected chi connectivity index (χ4v) is 6.08. The lowest BCUT2D eigenvalue weighted by molar-refractivity contribution is -0.132. The van der Waals surface area contributed by atoms with Gasteiger partial charge in [-0.25, -0.2) is 4.98 Å². The fraction of sp³-hybridized carbons (Fsp3) is 0.171. The molecule has 0 saturated carbocycles. The van der Waals surface area contributed by atoms with Gasteiger partial charge in [0.2, 0.25) is 0 Å². The molecular weight excluding hydrogens is 576 g/mol. The molecule has 44 heavy (non-hydrogen) atoms. The van der Waals surface area contributed by atoms with Crippen molar-refractivity contribution in [1.29, 1.82) is 0 Å². The highest BCUT2D eigenvalue weighted by Crippen LogP contribution is 2.45. The predicted octanol–water partition coefficient (Wildman–Crippen LogP) is 7.30. The number of aliphatic hydroxyl groups is 1. The number of Topliss-reactive ketones (excluding diaryl/α,β-unsaturated/α-hetero) is 1. The summed E-state index contributed by atoms with van der Waals surface area (Å²) in [6.07, 6.45) is 0.820. The van der Waals surface area contributed by atoms with E-state index in [1.807, 2.05) is 43.3 Å². The molecule has 1 aromatic heterocycles. The number of hydrogen-bond donors (Lipinski definition) is 1. The molecular formula is C35H30N2O6S. The average molecular weight is 607 g/mol. The van der Waals surface area contributed by atoms with E-state index in [1.54, 1.807) is 67.8 Å². The topological polar surface area (TPSA) is 98.2 Å². The molecule has 222 valence electrons. The molecule has 0 aliphatic carbocycles. The first-order valence-electron chi connectivity index (χ1n) is 14.2. The maximum absolute atomic E-state index is 13.7. The van der Waals surface area contributed by atoms with Crippen molar-refractivity contribution < 1.29 is 28.9 Å². The summed E-state index contributed by atoms with van der Waals surface area (Å²) in [7, 11) is 1.58. The zero-order valence-corrected chi connectivity index (χ0v) is 25.0. The minimum absolute atomic E-state index is 0.0302. The van der Waals surface area contributed by atoms with Crippen LogP contribution >= 0.6 is 11.3 Å². The van der Waals surface area contributed by atoms with Crippen molar-refractivity contribution in [3.63, 3.8) is 0 Å². The quantitative estimate of drug-likeness (QED) is 0.101. The van der Waals surface area contributed by atoms with Crippen molar-refractivity contribution in [2.24, 2.45) is 0 Å². The molecule has 0 bridgehead atoms. The fourth-order valence-electron chi connectivity index (χ4n) is 5.06. The van der Waals surface area contributed by atoms with Crippen molar-refractivity contribution in [3.05, 3.63) is 119 Å². The van der Waals surface area contributed by atoms with Gasteiger partial charge in [-0.05, 0) is 60.0 Å². The molecule has 5 aromatic rings. The summed E-state index contributed by atoms with van der Waals surface area (Å²) < 4.78 is 17.9. The second-order valence-electron chi connectivity index (χ2n) is 10.2. The van der Waals surface area contributed by atoms with E-state index < -0.39 is 17.7 Å². The van der Waals surface area contributed by atoms with Gasteiger partial charge in [0.15, 0.2) is 5.13 Å². The number of hydrogen-bond acceptors (Lipinski definition) is 8. The number of nitrogens with zero attached hydrogens (tertiary/aromatic N) is 2. The maximum atomic E-state index is 13.7. The van der Waals surface area contributed by atoms with Gasteiger partial charge in [0, 0.05) is 5.56 Å². The molecule has 0 spiro atoms. The molecule has 1 N–H and O–H groups in total. The summed E-state index contributed by atoms with van der Waals surface area (Å²) in [6.45, 7) is 2.90. The largest absolute Gasteiger partial charge is 0.507 e. The third kappa shape index (κ3) is 5.74. The monoisotopic (exact) mass is 606 g/mol. The van der Waals surface area contributed by atoms with E-state index in [2.05, 4.69) is 0 Å². The number of carbonyl (C=O) groups excluding carboxylic acids is 2. The van der Waals surface area contributed by atoms with Gasteiger partial charge in [-0.15, -0.1) is 0 Å². The first-order chi connectivity index (χ1) is 21.5. The van der Waals surface area contributed by atoms with Crippen LogP contribution in [0.5, 0.6) is 17.2 Å². The van der Waals surface area contributed by atoms with E-state index in [-0.39, 0.29) is 11.3 Å². The van der Waals surface area contributed by atoms with E-state index in [0.717, 1.165) is 16.7 Å². The molecule has 1 atom stereocenters. The van der Waals surface area contributed by atoms with Gasteiger partial charge >= 0.3 is 5.91 Å². The number of aromatic nitrogens is 1. The van der Waals surface area contributed by atoms with Crippen LogP contribution in [0.3, 0.4) is 0 Å². The summed E-state index contributed by atoms with van der Waals surface area (Å²) >= 11 is 1.27. The average Bonchev–Trinajstić information content (AvgIpc) is 3.60. The van der Waals surface area contributed by atoms with Crippen molar-refractivity contribution in [1.82, 2.24) is 4.98 Å². The van der Waals surface area contributed by atoms with E-state index >= 15 is 0 Å². The lowest BCUT2D eigenvalue weighted by Gasteiger charge is -2.23. The number of aliphatic hydroxyl groups excluding tert-OH is 1. The number of fused-ring (bicyclic) bond motifs is 1. The Morgan fingerprint density at radius 1 is 0.886 bits per heavy atom. The molecule has 6 rings (SSSR count). The van der Waals surface area contributed by atoms with Crippen LogP contribution in [0.15, 0.2) is 103 Å². The van der Waals surface area contributed by atoms with Gasteiger partial charge in [-0.3, -0.25) is 14.5 Å². The molecule has 0 radical (unpaired) electrons. The zero-order valence-electron chi connectivity index (χ0n) is 24.2. The zero-order chi connectivity index (χ0) is 30.6. The summed E-state index contributed by atoms with van der Waals surface area (Å²) in [5.74, 6) is -0.0179. The van der Waals surface area contributed by atoms with Crippen molar-refractivity contribution in [2.75, 3.05) is 18.6 Å². The standard InChI is InChI=1S/C35H30N2O6S/c1-3-18-42-27-11-7-10-24(19-27)32(38)30-31(23-12-14-25(15-13-23)43-21-22-8-5-4-6-9-22)37(34(40)33(30)39)35-36-28-17-16-26(41-2)20-29(28)44-35/h4-17,19-20,31,38H,3,18,21H2,1-2H3/b32-30+. The number of methoxy groups -OCH3 is 1. The molecule has 1 fully saturated rings. The Balaban J connectivity index is 1.42. The molecule has 1 aliphatic heterocycles. The van der Waals surface area contributed by atoms with E-state index in [0.29, 0.717) is 52.2 Å². The Morgan fingerprint density at radius 3 is 2.41 bits per heavy atom. The van der Waals surface area contributed by atoms with Crippen LogP contribution < -0.4 is 19.1 Å². The lowest BCUT2D eigenvalue weighted by Crippen LogP contribution is -2.29. The number of amides is 1. The number of benzene rings is 4. The highest BCUT2D eigenvalue weighted by molar-refractivity contribution is 7.22. The summed E-state index contributed by atoms with van der Waals surface area (Å²) in [5, 5.41) is 11.9. The third-order valence-electron chi connectivity index (χ3n) is 7.26. The summed E-state index contributed by atoms with van der Waals surface area (Å²) in [4.78, 5) is 33.4. The highest BCUT2D eigenvalue weighted by atomic mass is 32.1. The number of ether oxygens (including phenoxy) is 3. The van der Waals surface area contributed by atoms with Crippen molar-refractivity contribution in [3.8, 4) is 17.2 Å². The number of ketones is 1. The van der Waals surface area contributed by atoms with Crippen molar-refractivity contribution in [2.45, 2.75) is 26.0 Å². The second-order valence-corrected chi connectivity index (χ2v) is 11.2. The van der Waals surface area contributed by atoms with Crippen molar-refractivity contribution >= 4 is 44.1 Å². The molecule has 1 unspecified atom stereocenters. The SMILES string of the molecule is CCCOc1cccc(/C(O)=C2\C(=O)C(=O)N(c3nc4ccc(OC)cc4s3)C2c2ccc(OCc3ccccc3)cc2)c1. The molecule has 8 nitrogen and oxygen atoms in total. The van der Waals surface area contributed by atoms with Crippen LogP contribution in [-0.2, 0) is 16.2 Å². The van der Waals surface area contributed by atoms with Gasteiger partial charge in [0.05, 0.1) is 35.5 Å². The first-order valence-corrected chi connectivity index (χ1v) is 15.0. The van der Waals surface area contributed by atoms with Gasteiger partial charge in [-0.1, -0.05) is 72.9 Å². The van der Waals surface area contributed by atoms with Gasteiger partial charge in [0.25, 0.3) is 5.78 Å². The van der Waals surface area contributed by atoms with Crippen LogP contribution in [0, 0.1) is 0 Å². The lowest BCUT2D eigenvalue weighted by atomic mass is 9.95. The van der Waals surface area contributed by atoms with Crippen LogP contribution in [0.25, 0.3) is 16.0 Å². The maximum Gasteiger partial charge on any atom is 0.301 e. The normalized spacial score (nSPS) is 16.0. The van der Waals surface area contributed by atoms with E-state index in [9.17, 15) is 14.7 Å². The Kier molecular flexibility index (Phi) is 8.29. The smallest absolute Gasteiger partial charge is 0.301 e. The van der Waals surface area contributed by atoms with E-state index in [1.165, 1.54) is 16.2 Å². The Hall–Kier alpha value is -5.15. The number of anilines is 1. The third-order valence-corrected chi connectivity index (χ3v) is 8.28. The van der Waals surface area contributed by atoms with Gasteiger partial charge in [-0.2, -0.15) is 0 Å². The highest BCUT2D eigenvalue weighted by Gasteiger charge is 2.48. The molecule has 1 aliphatic rings. The number of thiazole rings is 1. The predicted molar refractivity (Wildman–Crippen MR) is 170 cm³/mol. The van der Waals surface area contributed by atoms with Crippen LogP contribution in [0.2, 0.25) is 0 Å². The van der Waals surface area contributed by atoms with E-state index in [4.69, 9.17) is 19.2 Å². The molecule has 4 aromatic carbocycles. The number of rotatable bonds is 10. The molecule has 9 heteroatoms. The van der Waals surface area contributed by atoms with Crippen LogP contribution in [-0.4, -0.2) is 35.5 Å². The summed E-state index contributed by atoms with van der Waals surface area (Å²) in [5.41, 5.74) is 2.66. The first kappa shape index (κ1) is 28.9. The Morgan fingerprint density at radius 2 is 1.66 bits per heavy atom. The second kappa shape index (κ2) is 12.6. The molecule has 1 amide bonds. The van der Waals surface area contributed by atoms with Gasteiger partial charge in [0.1, 0.15) is 29.6 Å². The van der Waals surface area contributed by atoms with Gasteiger partial charge < -0.3 is 19.3 Å². The molecule has 1 saturated heterocycles. The number of carbonyl (C=O) groups is 2. The van der Waals surface area contributed by atoms with Crippen LogP contribution in [0.1, 0.15) is 36.1 Å². The Labute approximate surface area is 258 Å². The van der Waals surface area contributed by atoms with Crippen LogP contribution in [0.4, 0.5) is 5.13 Å². The minimum Gasteiger partial charge on any atom is -0.507 e. The minimum atomic E-state index is -0.930. The summed E-state index contributed by atoms with van der Waals surface area (Å²) in [6, 6.07) is 28.4. The molecule has 2 heterocycles.